The number of nitrogen functional groups attached to an aromatic ring is 1. The van der Waals surface area contributed by atoms with Gasteiger partial charge in [0, 0.05) is 11.1 Å². The SMILES string of the molecule is Cc1nc(N)c(C)c(NC2COc3ccccc32)n1. The third kappa shape index (κ3) is 2.07. The highest BCUT2D eigenvalue weighted by molar-refractivity contribution is 5.57. The lowest BCUT2D eigenvalue weighted by Gasteiger charge is -2.15. The smallest absolute Gasteiger partial charge is 0.135 e. The summed E-state index contributed by atoms with van der Waals surface area (Å²) in [5, 5.41) is 3.39. The summed E-state index contributed by atoms with van der Waals surface area (Å²) in [7, 11) is 0. The van der Waals surface area contributed by atoms with Crippen LogP contribution in [0.3, 0.4) is 0 Å². The van der Waals surface area contributed by atoms with Crippen molar-refractivity contribution in [1.82, 2.24) is 9.97 Å². The number of hydrogen-bond acceptors (Lipinski definition) is 5. The fourth-order valence-electron chi connectivity index (χ4n) is 2.24. The van der Waals surface area contributed by atoms with Gasteiger partial charge in [0.05, 0.1) is 6.04 Å². The molecule has 1 aliphatic heterocycles. The molecule has 0 saturated carbocycles. The van der Waals surface area contributed by atoms with Gasteiger partial charge in [-0.2, -0.15) is 0 Å². The molecule has 1 aromatic heterocycles. The summed E-state index contributed by atoms with van der Waals surface area (Å²) < 4.78 is 5.65. The number of nitrogens with zero attached hydrogens (tertiary/aromatic N) is 2. The topological polar surface area (TPSA) is 73.1 Å². The predicted molar refractivity (Wildman–Crippen MR) is 74.2 cm³/mol. The van der Waals surface area contributed by atoms with E-state index in [1.165, 1.54) is 0 Å². The van der Waals surface area contributed by atoms with Crippen LogP contribution in [0, 0.1) is 13.8 Å². The molecule has 1 aliphatic rings. The molecule has 0 aliphatic carbocycles. The number of anilines is 2. The average Bonchev–Trinajstić information content (AvgIpc) is 2.79. The summed E-state index contributed by atoms with van der Waals surface area (Å²) in [6.07, 6.45) is 0. The van der Waals surface area contributed by atoms with Gasteiger partial charge in [-0.3, -0.25) is 0 Å². The van der Waals surface area contributed by atoms with Gasteiger partial charge in [-0.05, 0) is 19.9 Å². The van der Waals surface area contributed by atoms with Crippen LogP contribution in [0.4, 0.5) is 11.6 Å². The second-order valence-electron chi connectivity index (χ2n) is 4.68. The first-order valence-corrected chi connectivity index (χ1v) is 6.24. The van der Waals surface area contributed by atoms with Crippen LogP contribution in [0.2, 0.25) is 0 Å². The third-order valence-corrected chi connectivity index (χ3v) is 3.31. The molecule has 0 saturated heterocycles. The van der Waals surface area contributed by atoms with E-state index < -0.39 is 0 Å². The Hall–Kier alpha value is -2.30. The first-order chi connectivity index (χ1) is 9.15. The van der Waals surface area contributed by atoms with Crippen LogP contribution in [-0.2, 0) is 0 Å². The highest BCUT2D eigenvalue weighted by Gasteiger charge is 2.24. The molecule has 0 amide bonds. The van der Waals surface area contributed by atoms with Gasteiger partial charge in [0.25, 0.3) is 0 Å². The van der Waals surface area contributed by atoms with Crippen molar-refractivity contribution in [3.05, 3.63) is 41.2 Å². The van der Waals surface area contributed by atoms with E-state index >= 15 is 0 Å². The van der Waals surface area contributed by atoms with E-state index in [-0.39, 0.29) is 6.04 Å². The van der Waals surface area contributed by atoms with Crippen molar-refractivity contribution in [2.45, 2.75) is 19.9 Å². The molecule has 0 spiro atoms. The normalized spacial score (nSPS) is 16.8. The van der Waals surface area contributed by atoms with Gasteiger partial charge in [0.2, 0.25) is 0 Å². The maximum Gasteiger partial charge on any atom is 0.135 e. The number of aryl methyl sites for hydroxylation is 1. The number of benzene rings is 1. The summed E-state index contributed by atoms with van der Waals surface area (Å²) >= 11 is 0. The summed E-state index contributed by atoms with van der Waals surface area (Å²) in [5.41, 5.74) is 7.89. The molecule has 3 rings (SSSR count). The van der Waals surface area contributed by atoms with E-state index in [1.807, 2.05) is 32.0 Å². The van der Waals surface area contributed by atoms with E-state index in [4.69, 9.17) is 10.5 Å². The second kappa shape index (κ2) is 4.42. The van der Waals surface area contributed by atoms with Crippen LogP contribution >= 0.6 is 0 Å². The number of nitrogens with one attached hydrogen (secondary N) is 1. The maximum atomic E-state index is 5.87. The minimum atomic E-state index is 0.101. The standard InChI is InChI=1S/C14H16N4O/c1-8-13(15)16-9(2)17-14(8)18-11-7-19-12-6-4-3-5-10(11)12/h3-6,11H,7H2,1-2H3,(H3,15,16,17,18). The molecular weight excluding hydrogens is 240 g/mol. The molecule has 5 heteroatoms. The van der Waals surface area contributed by atoms with Crippen LogP contribution < -0.4 is 15.8 Å². The number of para-hydroxylation sites is 1. The largest absolute Gasteiger partial charge is 0.491 e. The molecule has 0 radical (unpaired) electrons. The number of hydrogen-bond donors (Lipinski definition) is 2. The zero-order valence-corrected chi connectivity index (χ0v) is 11.0. The summed E-state index contributed by atoms with van der Waals surface area (Å²) in [4.78, 5) is 8.56. The highest BCUT2D eigenvalue weighted by Crippen LogP contribution is 2.34. The minimum Gasteiger partial charge on any atom is -0.491 e. The molecule has 0 bridgehead atoms. The van der Waals surface area contributed by atoms with Crippen molar-refractivity contribution in [3.63, 3.8) is 0 Å². The number of fused-ring (bicyclic) bond motifs is 1. The lowest BCUT2D eigenvalue weighted by molar-refractivity contribution is 0.339. The van der Waals surface area contributed by atoms with Crippen molar-refractivity contribution in [2.24, 2.45) is 0 Å². The highest BCUT2D eigenvalue weighted by atomic mass is 16.5. The number of rotatable bonds is 2. The van der Waals surface area contributed by atoms with Gasteiger partial charge < -0.3 is 15.8 Å². The second-order valence-corrected chi connectivity index (χ2v) is 4.68. The Balaban J connectivity index is 1.92. The van der Waals surface area contributed by atoms with Crippen LogP contribution in [0.25, 0.3) is 0 Å². The van der Waals surface area contributed by atoms with E-state index in [9.17, 15) is 0 Å². The third-order valence-electron chi connectivity index (χ3n) is 3.31. The molecule has 1 aromatic carbocycles. The monoisotopic (exact) mass is 256 g/mol. The van der Waals surface area contributed by atoms with Gasteiger partial charge in [-0.25, -0.2) is 9.97 Å². The molecule has 0 fully saturated rings. The zero-order valence-electron chi connectivity index (χ0n) is 11.0. The molecule has 1 unspecified atom stereocenters. The summed E-state index contributed by atoms with van der Waals surface area (Å²) in [5.74, 6) is 2.88. The first kappa shape index (κ1) is 11.8. The summed E-state index contributed by atoms with van der Waals surface area (Å²) in [6, 6.07) is 8.12. The van der Waals surface area contributed by atoms with Crippen LogP contribution in [0.15, 0.2) is 24.3 Å². The fourth-order valence-corrected chi connectivity index (χ4v) is 2.24. The van der Waals surface area contributed by atoms with Crippen molar-refractivity contribution in [2.75, 3.05) is 17.7 Å². The molecule has 98 valence electrons. The van der Waals surface area contributed by atoms with Crippen molar-refractivity contribution < 1.29 is 4.74 Å². The molecule has 2 heterocycles. The average molecular weight is 256 g/mol. The minimum absolute atomic E-state index is 0.101. The van der Waals surface area contributed by atoms with Gasteiger partial charge in [-0.1, -0.05) is 18.2 Å². The van der Waals surface area contributed by atoms with Gasteiger partial charge in [-0.15, -0.1) is 0 Å². The number of nitrogens with two attached hydrogens (primary N) is 1. The van der Waals surface area contributed by atoms with E-state index in [0.29, 0.717) is 18.2 Å². The molecular formula is C14H16N4O. The van der Waals surface area contributed by atoms with Gasteiger partial charge >= 0.3 is 0 Å². The molecule has 19 heavy (non-hydrogen) atoms. The Kier molecular flexibility index (Phi) is 2.74. The number of ether oxygens (including phenoxy) is 1. The Morgan fingerprint density at radius 1 is 1.26 bits per heavy atom. The van der Waals surface area contributed by atoms with E-state index in [2.05, 4.69) is 21.4 Å². The molecule has 2 aromatic rings. The Morgan fingerprint density at radius 3 is 2.89 bits per heavy atom. The van der Waals surface area contributed by atoms with Crippen molar-refractivity contribution >= 4 is 11.6 Å². The van der Waals surface area contributed by atoms with E-state index in [0.717, 1.165) is 22.7 Å². The van der Waals surface area contributed by atoms with Gasteiger partial charge in [0.1, 0.15) is 29.8 Å². The summed E-state index contributed by atoms with van der Waals surface area (Å²) in [6.45, 7) is 4.35. The Bertz CT molecular complexity index is 627. The lowest BCUT2D eigenvalue weighted by atomic mass is 10.1. The van der Waals surface area contributed by atoms with Gasteiger partial charge in [0.15, 0.2) is 0 Å². The van der Waals surface area contributed by atoms with Crippen molar-refractivity contribution in [1.29, 1.82) is 0 Å². The first-order valence-electron chi connectivity index (χ1n) is 6.24. The Labute approximate surface area is 111 Å². The van der Waals surface area contributed by atoms with E-state index in [1.54, 1.807) is 0 Å². The quantitative estimate of drug-likeness (QED) is 0.862. The molecule has 3 N–H and O–H groups in total. The number of aromatic nitrogens is 2. The fraction of sp³-hybridized carbons (Fsp3) is 0.286. The molecule has 1 atom stereocenters. The zero-order chi connectivity index (χ0) is 13.4. The maximum absolute atomic E-state index is 5.87. The van der Waals surface area contributed by atoms with Crippen LogP contribution in [0.1, 0.15) is 23.0 Å². The Morgan fingerprint density at radius 2 is 2.05 bits per heavy atom. The predicted octanol–water partition coefficient (Wildman–Crippen LogP) is 2.22. The van der Waals surface area contributed by atoms with Crippen molar-refractivity contribution in [3.8, 4) is 5.75 Å². The lowest BCUT2D eigenvalue weighted by Crippen LogP contribution is -2.15. The molecule has 5 nitrogen and oxygen atoms in total. The van der Waals surface area contributed by atoms with Crippen LogP contribution in [-0.4, -0.2) is 16.6 Å². The van der Waals surface area contributed by atoms with Crippen LogP contribution in [0.5, 0.6) is 5.75 Å².